The van der Waals surface area contributed by atoms with Crippen molar-refractivity contribution in [3.63, 3.8) is 0 Å². The Hall–Kier alpha value is -0.720. The van der Waals surface area contributed by atoms with Crippen LogP contribution < -0.4 is 5.32 Å². The van der Waals surface area contributed by atoms with E-state index in [9.17, 15) is 0 Å². The van der Waals surface area contributed by atoms with Crippen molar-refractivity contribution in [3.8, 4) is 0 Å². The van der Waals surface area contributed by atoms with Crippen LogP contribution >= 0.6 is 39.5 Å². The summed E-state index contributed by atoms with van der Waals surface area (Å²) in [6.45, 7) is 2.04. The first kappa shape index (κ1) is 10.8. The number of hydrogen-bond acceptors (Lipinski definition) is 4. The molecule has 1 aromatic heterocycles. The molecule has 0 bridgehead atoms. The Kier molecular flexibility index (Phi) is 3.18. The molecule has 2 aromatic rings. The van der Waals surface area contributed by atoms with Gasteiger partial charge in [-0.2, -0.15) is 0 Å². The molecule has 0 atom stereocenters. The van der Waals surface area contributed by atoms with Crippen LogP contribution in [0.25, 0.3) is 0 Å². The molecule has 0 saturated heterocycles. The average Bonchev–Trinajstić information content (AvgIpc) is 2.49. The number of aromatic nitrogens is 2. The van der Waals surface area contributed by atoms with Crippen LogP contribution in [-0.4, -0.2) is 10.2 Å². The van der Waals surface area contributed by atoms with E-state index in [-0.39, 0.29) is 0 Å². The molecule has 0 amide bonds. The number of benzene rings is 1. The van der Waals surface area contributed by atoms with E-state index in [1.165, 1.54) is 16.9 Å². The number of rotatable bonds is 2. The van der Waals surface area contributed by atoms with Crippen molar-refractivity contribution >= 4 is 50.3 Å². The summed E-state index contributed by atoms with van der Waals surface area (Å²) in [5.41, 5.74) is 2.19. The molecule has 3 nitrogen and oxygen atoms in total. The Morgan fingerprint density at radius 2 is 2.27 bits per heavy atom. The second kappa shape index (κ2) is 4.42. The van der Waals surface area contributed by atoms with Crippen molar-refractivity contribution in [1.29, 1.82) is 0 Å². The van der Waals surface area contributed by atoms with Crippen molar-refractivity contribution in [1.82, 2.24) is 10.2 Å². The van der Waals surface area contributed by atoms with Crippen LogP contribution in [0.5, 0.6) is 0 Å². The number of nitrogens with one attached hydrogen (secondary N) is 2. The summed E-state index contributed by atoms with van der Waals surface area (Å²) in [6, 6.07) is 6.10. The molecule has 0 fully saturated rings. The fourth-order valence-electron chi connectivity index (χ4n) is 1.22. The standard InChI is InChI=1S/C9H8BrN3S2/c1-5-2-6(10)4-7(3-5)11-8-12-13-9(14)15-8/h2-4H,1H3,(H,11,12)(H,13,14). The zero-order valence-corrected chi connectivity index (χ0v) is 11.1. The first-order valence-electron chi connectivity index (χ1n) is 4.23. The number of hydrogen-bond donors (Lipinski definition) is 2. The molecular formula is C9H8BrN3S2. The maximum atomic E-state index is 4.95. The Morgan fingerprint density at radius 1 is 1.47 bits per heavy atom. The molecule has 0 aliphatic rings. The molecule has 1 heterocycles. The lowest BCUT2D eigenvalue weighted by atomic mass is 10.2. The zero-order valence-electron chi connectivity index (χ0n) is 7.87. The average molecular weight is 302 g/mol. The highest BCUT2D eigenvalue weighted by Crippen LogP contribution is 2.23. The van der Waals surface area contributed by atoms with E-state index in [1.54, 1.807) is 0 Å². The summed E-state index contributed by atoms with van der Waals surface area (Å²) in [5.74, 6) is 0. The molecule has 78 valence electrons. The fourth-order valence-corrected chi connectivity index (χ4v) is 2.63. The summed E-state index contributed by atoms with van der Waals surface area (Å²) in [6.07, 6.45) is 0. The number of aromatic amines is 1. The predicted octanol–water partition coefficient (Wildman–Crippen LogP) is 4.02. The van der Waals surface area contributed by atoms with Gasteiger partial charge in [0, 0.05) is 10.2 Å². The number of nitrogens with zero attached hydrogens (tertiary/aromatic N) is 1. The first-order chi connectivity index (χ1) is 7.13. The molecule has 2 N–H and O–H groups in total. The van der Waals surface area contributed by atoms with Gasteiger partial charge in [-0.25, -0.2) is 0 Å². The lowest BCUT2D eigenvalue weighted by molar-refractivity contribution is 1.08. The maximum Gasteiger partial charge on any atom is 0.208 e. The van der Waals surface area contributed by atoms with E-state index in [2.05, 4.69) is 43.6 Å². The molecule has 15 heavy (non-hydrogen) atoms. The molecule has 0 radical (unpaired) electrons. The molecule has 0 aliphatic heterocycles. The third-order valence-electron chi connectivity index (χ3n) is 1.73. The van der Waals surface area contributed by atoms with Gasteiger partial charge in [-0.3, -0.25) is 5.10 Å². The van der Waals surface area contributed by atoms with Crippen molar-refractivity contribution in [2.45, 2.75) is 6.92 Å². The first-order valence-corrected chi connectivity index (χ1v) is 6.25. The monoisotopic (exact) mass is 301 g/mol. The number of H-pyrrole nitrogens is 1. The van der Waals surface area contributed by atoms with Gasteiger partial charge in [0.05, 0.1) is 0 Å². The van der Waals surface area contributed by atoms with Crippen LogP contribution in [0, 0.1) is 10.9 Å². The molecular weight excluding hydrogens is 294 g/mol. The SMILES string of the molecule is Cc1cc(Br)cc(Nc2n[nH]c(=S)s2)c1. The minimum atomic E-state index is 0.671. The summed E-state index contributed by atoms with van der Waals surface area (Å²) in [7, 11) is 0. The molecule has 1 aromatic carbocycles. The van der Waals surface area contributed by atoms with Gasteiger partial charge in [0.1, 0.15) is 0 Å². The highest BCUT2D eigenvalue weighted by molar-refractivity contribution is 9.10. The largest absolute Gasteiger partial charge is 0.330 e. The summed E-state index contributed by atoms with van der Waals surface area (Å²) in [5, 5.41) is 10.7. The van der Waals surface area contributed by atoms with Gasteiger partial charge in [-0.1, -0.05) is 27.3 Å². The van der Waals surface area contributed by atoms with Gasteiger partial charge in [0.25, 0.3) is 0 Å². The second-order valence-electron chi connectivity index (χ2n) is 3.06. The van der Waals surface area contributed by atoms with Gasteiger partial charge in [-0.15, -0.1) is 5.10 Å². The van der Waals surface area contributed by atoms with Crippen LogP contribution in [0.1, 0.15) is 5.56 Å². The summed E-state index contributed by atoms with van der Waals surface area (Å²) in [4.78, 5) is 0. The molecule has 6 heteroatoms. The molecule has 0 saturated carbocycles. The van der Waals surface area contributed by atoms with Crippen molar-refractivity contribution < 1.29 is 0 Å². The van der Waals surface area contributed by atoms with Crippen LogP contribution in [0.15, 0.2) is 22.7 Å². The van der Waals surface area contributed by atoms with E-state index in [0.29, 0.717) is 3.95 Å². The Balaban J connectivity index is 2.27. The highest BCUT2D eigenvalue weighted by Gasteiger charge is 2.00. The van der Waals surface area contributed by atoms with Crippen molar-refractivity contribution in [3.05, 3.63) is 32.2 Å². The van der Waals surface area contributed by atoms with Gasteiger partial charge in [-0.05, 0) is 42.9 Å². The Morgan fingerprint density at radius 3 is 2.87 bits per heavy atom. The molecule has 0 spiro atoms. The third kappa shape index (κ3) is 2.87. The van der Waals surface area contributed by atoms with Crippen LogP contribution in [0.2, 0.25) is 0 Å². The van der Waals surface area contributed by atoms with Crippen LogP contribution in [0.4, 0.5) is 10.8 Å². The van der Waals surface area contributed by atoms with E-state index < -0.39 is 0 Å². The lowest BCUT2D eigenvalue weighted by Gasteiger charge is -2.03. The Labute approximate surface area is 105 Å². The Bertz CT molecular complexity index is 512. The molecule has 0 unspecified atom stereocenters. The van der Waals surface area contributed by atoms with Crippen molar-refractivity contribution in [2.24, 2.45) is 0 Å². The quantitative estimate of drug-likeness (QED) is 0.823. The summed E-state index contributed by atoms with van der Waals surface area (Å²) < 4.78 is 1.72. The van der Waals surface area contributed by atoms with Gasteiger partial charge < -0.3 is 5.32 Å². The highest BCUT2D eigenvalue weighted by atomic mass is 79.9. The topological polar surface area (TPSA) is 40.7 Å². The van der Waals surface area contributed by atoms with Crippen molar-refractivity contribution in [2.75, 3.05) is 5.32 Å². The third-order valence-corrected chi connectivity index (χ3v) is 3.19. The lowest BCUT2D eigenvalue weighted by Crippen LogP contribution is -1.90. The molecule has 0 aliphatic carbocycles. The summed E-state index contributed by atoms with van der Waals surface area (Å²) >= 11 is 9.81. The fraction of sp³-hybridized carbons (Fsp3) is 0.111. The predicted molar refractivity (Wildman–Crippen MR) is 69.5 cm³/mol. The van der Waals surface area contributed by atoms with E-state index >= 15 is 0 Å². The van der Waals surface area contributed by atoms with E-state index in [1.807, 2.05) is 13.0 Å². The second-order valence-corrected chi connectivity index (χ2v) is 5.64. The normalized spacial score (nSPS) is 10.3. The van der Waals surface area contributed by atoms with Crippen LogP contribution in [0.3, 0.4) is 0 Å². The van der Waals surface area contributed by atoms with Gasteiger partial charge in [0.2, 0.25) is 5.13 Å². The van der Waals surface area contributed by atoms with Crippen LogP contribution in [-0.2, 0) is 0 Å². The zero-order chi connectivity index (χ0) is 10.8. The number of halogens is 1. The van der Waals surface area contributed by atoms with E-state index in [4.69, 9.17) is 12.2 Å². The van der Waals surface area contributed by atoms with Gasteiger partial charge in [0.15, 0.2) is 3.95 Å². The van der Waals surface area contributed by atoms with Gasteiger partial charge >= 0.3 is 0 Å². The smallest absolute Gasteiger partial charge is 0.208 e. The molecule has 2 rings (SSSR count). The minimum absolute atomic E-state index is 0.671. The number of aryl methyl sites for hydroxylation is 1. The minimum Gasteiger partial charge on any atom is -0.330 e. The number of anilines is 2. The van der Waals surface area contributed by atoms with E-state index in [0.717, 1.165) is 15.3 Å². The maximum absolute atomic E-state index is 4.95.